The van der Waals surface area contributed by atoms with Gasteiger partial charge >= 0.3 is 0 Å². The molecule has 2 heterocycles. The number of pyridine rings is 1. The molecule has 1 aliphatic heterocycles. The maximum absolute atomic E-state index is 12.1. The predicted molar refractivity (Wildman–Crippen MR) is 128 cm³/mol. The fraction of sp³-hybridized carbons (Fsp3) is 0.259. The van der Waals surface area contributed by atoms with Gasteiger partial charge in [-0.05, 0) is 67.7 Å². The molecular formula is C27H31N3O. The zero-order chi connectivity index (χ0) is 22.5. The third kappa shape index (κ3) is 5.02. The number of rotatable bonds is 7. The van der Waals surface area contributed by atoms with Gasteiger partial charge in [0.2, 0.25) is 0 Å². The molecule has 0 radical (unpaired) electrons. The topological polar surface area (TPSA) is 59.2 Å². The Bertz CT molecular complexity index is 1060. The van der Waals surface area contributed by atoms with Crippen LogP contribution in [0.2, 0.25) is 0 Å². The highest BCUT2D eigenvalue weighted by Gasteiger charge is 2.26. The molecule has 1 aromatic carbocycles. The Morgan fingerprint density at radius 1 is 1.23 bits per heavy atom. The second-order valence-corrected chi connectivity index (χ2v) is 7.99. The summed E-state index contributed by atoms with van der Waals surface area (Å²) < 4.78 is 0. The molecule has 0 spiro atoms. The maximum atomic E-state index is 12.1. The number of hydrogen-bond donors (Lipinski definition) is 1. The van der Waals surface area contributed by atoms with Crippen LogP contribution in [0.3, 0.4) is 0 Å². The average molecular weight is 414 g/mol. The Balaban J connectivity index is 2.01. The normalized spacial score (nSPS) is 16.7. The maximum Gasteiger partial charge on any atom is 0.162 e. The number of ketones is 1. The summed E-state index contributed by atoms with van der Waals surface area (Å²) in [7, 11) is 0. The first-order chi connectivity index (χ1) is 14.8. The van der Waals surface area contributed by atoms with E-state index >= 15 is 0 Å². The van der Waals surface area contributed by atoms with Crippen LogP contribution in [0, 0.1) is 0 Å². The van der Waals surface area contributed by atoms with Crippen molar-refractivity contribution in [2.75, 3.05) is 0 Å². The van der Waals surface area contributed by atoms with Gasteiger partial charge in [-0.1, -0.05) is 43.8 Å². The molecule has 1 unspecified atom stereocenters. The Hall–Kier alpha value is -3.40. The van der Waals surface area contributed by atoms with Crippen LogP contribution in [-0.2, 0) is 11.2 Å². The van der Waals surface area contributed by atoms with Crippen molar-refractivity contribution in [1.29, 1.82) is 0 Å². The van der Waals surface area contributed by atoms with Crippen LogP contribution in [0.4, 0.5) is 0 Å². The SMILES string of the molecule is C=C(/C=C1\CC(c2ccc(CC)cc2)=CN1C(C)c1ccccn1)C(C(C)=O)=C(C)N. The van der Waals surface area contributed by atoms with Gasteiger partial charge in [0.25, 0.3) is 0 Å². The Morgan fingerprint density at radius 3 is 2.48 bits per heavy atom. The van der Waals surface area contributed by atoms with E-state index in [4.69, 9.17) is 5.73 Å². The summed E-state index contributed by atoms with van der Waals surface area (Å²) in [5.41, 5.74) is 13.4. The molecular weight excluding hydrogens is 382 g/mol. The van der Waals surface area contributed by atoms with Crippen LogP contribution < -0.4 is 5.73 Å². The number of carbonyl (C=O) groups is 1. The van der Waals surface area contributed by atoms with Crippen molar-refractivity contribution in [3.8, 4) is 0 Å². The van der Waals surface area contributed by atoms with Crippen molar-refractivity contribution in [3.05, 3.63) is 107 Å². The molecule has 0 saturated heterocycles. The number of nitrogens with two attached hydrogens (primary N) is 1. The number of benzene rings is 1. The molecule has 2 N–H and O–H groups in total. The van der Waals surface area contributed by atoms with E-state index in [1.807, 2.05) is 30.5 Å². The largest absolute Gasteiger partial charge is 0.402 e. The molecule has 1 aromatic heterocycles. The monoisotopic (exact) mass is 413 g/mol. The van der Waals surface area contributed by atoms with Crippen molar-refractivity contribution in [3.63, 3.8) is 0 Å². The third-order valence-electron chi connectivity index (χ3n) is 5.67. The van der Waals surface area contributed by atoms with Crippen LogP contribution in [0.1, 0.15) is 57.0 Å². The zero-order valence-corrected chi connectivity index (χ0v) is 18.9. The lowest BCUT2D eigenvalue weighted by molar-refractivity contribution is -0.113. The van der Waals surface area contributed by atoms with Crippen molar-refractivity contribution >= 4 is 11.4 Å². The highest BCUT2D eigenvalue weighted by molar-refractivity contribution is 5.99. The smallest absolute Gasteiger partial charge is 0.162 e. The summed E-state index contributed by atoms with van der Waals surface area (Å²) in [6.45, 7) is 11.7. The van der Waals surface area contributed by atoms with Crippen molar-refractivity contribution in [2.45, 2.75) is 46.6 Å². The molecule has 31 heavy (non-hydrogen) atoms. The molecule has 3 rings (SSSR count). The molecule has 0 bridgehead atoms. The first-order valence-electron chi connectivity index (χ1n) is 10.7. The second kappa shape index (κ2) is 9.61. The van der Waals surface area contributed by atoms with Gasteiger partial charge in [0.15, 0.2) is 5.78 Å². The molecule has 1 atom stereocenters. The summed E-state index contributed by atoms with van der Waals surface area (Å²) in [5, 5.41) is 0. The Morgan fingerprint density at radius 2 is 1.94 bits per heavy atom. The van der Waals surface area contributed by atoms with Crippen molar-refractivity contribution < 1.29 is 4.79 Å². The highest BCUT2D eigenvalue weighted by atomic mass is 16.1. The lowest BCUT2D eigenvalue weighted by Gasteiger charge is -2.26. The standard InChI is InChI=1S/C27H31N3O/c1-6-22-10-12-23(13-11-22)24-16-25(15-18(2)27(19(3)28)21(5)31)30(17-24)20(4)26-9-7-8-14-29-26/h7-15,17,20H,2,6,16,28H2,1,3-5H3/b25-15+,27-19?. The molecule has 0 amide bonds. The number of aromatic nitrogens is 1. The van der Waals surface area contributed by atoms with Gasteiger partial charge in [0.05, 0.1) is 11.7 Å². The Labute approximate surface area is 185 Å². The van der Waals surface area contributed by atoms with Crippen LogP contribution in [-0.4, -0.2) is 15.7 Å². The summed E-state index contributed by atoms with van der Waals surface area (Å²) in [6, 6.07) is 14.7. The van der Waals surface area contributed by atoms with E-state index < -0.39 is 0 Å². The van der Waals surface area contributed by atoms with Crippen LogP contribution in [0.25, 0.3) is 5.57 Å². The average Bonchev–Trinajstić information content (AvgIpc) is 3.16. The minimum atomic E-state index is -0.0764. The van der Waals surface area contributed by atoms with Gasteiger partial charge < -0.3 is 10.6 Å². The van der Waals surface area contributed by atoms with Crippen molar-refractivity contribution in [1.82, 2.24) is 9.88 Å². The van der Waals surface area contributed by atoms with E-state index in [-0.39, 0.29) is 11.8 Å². The second-order valence-electron chi connectivity index (χ2n) is 7.99. The third-order valence-corrected chi connectivity index (χ3v) is 5.67. The summed E-state index contributed by atoms with van der Waals surface area (Å²) in [5.74, 6) is -0.0764. The van der Waals surface area contributed by atoms with E-state index in [9.17, 15) is 4.79 Å². The fourth-order valence-electron chi connectivity index (χ4n) is 4.00. The summed E-state index contributed by atoms with van der Waals surface area (Å²) in [4.78, 5) is 18.9. The molecule has 160 valence electrons. The molecule has 2 aromatic rings. The number of aryl methyl sites for hydroxylation is 1. The molecule has 0 saturated carbocycles. The van der Waals surface area contributed by atoms with Gasteiger partial charge in [-0.25, -0.2) is 0 Å². The Kier molecular flexibility index (Phi) is 6.91. The number of hydrogen-bond acceptors (Lipinski definition) is 4. The number of Topliss-reactive ketones (excluding diaryl/α,β-unsaturated/α-hetero) is 1. The summed E-state index contributed by atoms with van der Waals surface area (Å²) in [6.07, 6.45) is 7.75. The highest BCUT2D eigenvalue weighted by Crippen LogP contribution is 2.38. The van der Waals surface area contributed by atoms with Gasteiger partial charge in [-0.2, -0.15) is 0 Å². The van der Waals surface area contributed by atoms with Crippen molar-refractivity contribution in [2.24, 2.45) is 5.73 Å². The minimum Gasteiger partial charge on any atom is -0.402 e. The lowest BCUT2D eigenvalue weighted by Crippen LogP contribution is -2.19. The van der Waals surface area contributed by atoms with Crippen LogP contribution in [0.15, 0.2) is 90.1 Å². The fourth-order valence-corrected chi connectivity index (χ4v) is 4.00. The van der Waals surface area contributed by atoms with Gasteiger partial charge in [-0.15, -0.1) is 0 Å². The van der Waals surface area contributed by atoms with Gasteiger partial charge in [-0.3, -0.25) is 9.78 Å². The number of allylic oxidation sites excluding steroid dienone is 5. The molecule has 1 aliphatic rings. The molecule has 4 heteroatoms. The van der Waals surface area contributed by atoms with Crippen LogP contribution in [0.5, 0.6) is 0 Å². The molecule has 4 nitrogen and oxygen atoms in total. The predicted octanol–water partition coefficient (Wildman–Crippen LogP) is 5.71. The first-order valence-corrected chi connectivity index (χ1v) is 10.7. The molecule has 0 fully saturated rings. The van der Waals surface area contributed by atoms with E-state index in [0.29, 0.717) is 16.8 Å². The van der Waals surface area contributed by atoms with Crippen LogP contribution >= 0.6 is 0 Å². The lowest BCUT2D eigenvalue weighted by atomic mass is 9.98. The first kappa shape index (κ1) is 22.3. The van der Waals surface area contributed by atoms with Gasteiger partial charge in [0.1, 0.15) is 0 Å². The minimum absolute atomic E-state index is 0.0383. The van der Waals surface area contributed by atoms with E-state index in [1.54, 1.807) is 6.92 Å². The van der Waals surface area contributed by atoms with Gasteiger partial charge in [0, 0.05) is 35.8 Å². The molecule has 0 aliphatic carbocycles. The number of nitrogens with zero attached hydrogens (tertiary/aromatic N) is 2. The van der Waals surface area contributed by atoms with E-state index in [0.717, 1.165) is 24.2 Å². The quantitative estimate of drug-likeness (QED) is 0.466. The number of carbonyl (C=O) groups excluding carboxylic acids is 1. The van der Waals surface area contributed by atoms with E-state index in [2.05, 4.69) is 60.8 Å². The van der Waals surface area contributed by atoms with E-state index in [1.165, 1.54) is 23.6 Å². The zero-order valence-electron chi connectivity index (χ0n) is 18.9. The summed E-state index contributed by atoms with van der Waals surface area (Å²) >= 11 is 0.